The Bertz CT molecular complexity index is 775. The lowest BCUT2D eigenvalue weighted by atomic mass is 10.1. The number of allylic oxidation sites excluding steroid dienone is 1. The second-order valence-electron chi connectivity index (χ2n) is 6.67. The summed E-state index contributed by atoms with van der Waals surface area (Å²) in [6.45, 7) is 3.01. The van der Waals surface area contributed by atoms with Gasteiger partial charge in [-0.15, -0.1) is 0 Å². The molecule has 1 amide bonds. The van der Waals surface area contributed by atoms with Crippen molar-refractivity contribution in [1.29, 1.82) is 0 Å². The third kappa shape index (κ3) is 6.48. The normalized spacial score (nSPS) is 23.7. The molecule has 0 radical (unpaired) electrons. The van der Waals surface area contributed by atoms with Crippen molar-refractivity contribution in [3.05, 3.63) is 48.0 Å². The molecular formula is C19H26N2O5S. The molecular weight excluding hydrogens is 368 g/mol. The van der Waals surface area contributed by atoms with Gasteiger partial charge in [0.05, 0.1) is 11.3 Å². The van der Waals surface area contributed by atoms with E-state index < -0.39 is 33.3 Å². The quantitative estimate of drug-likeness (QED) is 0.599. The molecule has 0 fully saturated rings. The molecule has 2 rings (SSSR count). The van der Waals surface area contributed by atoms with Crippen LogP contribution in [-0.2, 0) is 24.3 Å². The average Bonchev–Trinajstić information content (AvgIpc) is 2.63. The summed E-state index contributed by atoms with van der Waals surface area (Å²) in [7, 11) is -3.63. The number of sulfonamides is 1. The molecule has 27 heavy (non-hydrogen) atoms. The number of amides is 1. The van der Waals surface area contributed by atoms with E-state index in [-0.39, 0.29) is 18.9 Å². The number of cyclic esters (lactones) is 1. The molecule has 2 N–H and O–H groups in total. The van der Waals surface area contributed by atoms with Crippen LogP contribution in [0.1, 0.15) is 44.7 Å². The number of esters is 1. The lowest BCUT2D eigenvalue weighted by molar-refractivity contribution is -0.147. The van der Waals surface area contributed by atoms with Crippen LogP contribution >= 0.6 is 0 Å². The molecule has 1 aliphatic rings. The Hall–Kier alpha value is -2.19. The summed E-state index contributed by atoms with van der Waals surface area (Å²) in [6.07, 6.45) is 4.44. The van der Waals surface area contributed by atoms with Crippen LogP contribution < -0.4 is 10.0 Å². The maximum absolute atomic E-state index is 12.5. The van der Waals surface area contributed by atoms with Gasteiger partial charge in [0.15, 0.2) is 0 Å². The lowest BCUT2D eigenvalue weighted by Crippen LogP contribution is -2.45. The number of rotatable bonds is 4. The van der Waals surface area contributed by atoms with Crippen LogP contribution in [0.25, 0.3) is 0 Å². The molecule has 1 aromatic carbocycles. The molecule has 0 bridgehead atoms. The van der Waals surface area contributed by atoms with Crippen molar-refractivity contribution < 1.29 is 22.7 Å². The molecule has 148 valence electrons. The van der Waals surface area contributed by atoms with Gasteiger partial charge in [0.2, 0.25) is 15.9 Å². The van der Waals surface area contributed by atoms with Crippen molar-refractivity contribution in [1.82, 2.24) is 10.0 Å². The smallest absolute Gasteiger partial charge is 0.324 e. The fourth-order valence-electron chi connectivity index (χ4n) is 2.53. The van der Waals surface area contributed by atoms with Crippen molar-refractivity contribution >= 4 is 21.9 Å². The minimum absolute atomic E-state index is 0.0712. The summed E-state index contributed by atoms with van der Waals surface area (Å²) in [4.78, 5) is 24.6. The Labute approximate surface area is 160 Å². The van der Waals surface area contributed by atoms with Gasteiger partial charge >= 0.3 is 5.97 Å². The summed E-state index contributed by atoms with van der Waals surface area (Å²) >= 11 is 0. The average molecular weight is 394 g/mol. The van der Waals surface area contributed by atoms with E-state index in [9.17, 15) is 18.0 Å². The zero-order valence-corrected chi connectivity index (χ0v) is 16.4. The monoisotopic (exact) mass is 394 g/mol. The van der Waals surface area contributed by atoms with E-state index in [2.05, 4.69) is 10.0 Å². The van der Waals surface area contributed by atoms with Gasteiger partial charge in [-0.1, -0.05) is 42.5 Å². The van der Waals surface area contributed by atoms with Crippen molar-refractivity contribution in [2.24, 2.45) is 0 Å². The highest BCUT2D eigenvalue weighted by Crippen LogP contribution is 2.15. The first-order valence-corrected chi connectivity index (χ1v) is 10.5. The molecule has 0 saturated heterocycles. The Kier molecular flexibility index (Phi) is 7.55. The molecule has 0 unspecified atom stereocenters. The topological polar surface area (TPSA) is 102 Å². The number of hydrogen-bond acceptors (Lipinski definition) is 5. The summed E-state index contributed by atoms with van der Waals surface area (Å²) < 4.78 is 32.1. The Morgan fingerprint density at radius 3 is 2.52 bits per heavy atom. The van der Waals surface area contributed by atoms with Crippen LogP contribution in [0.5, 0.6) is 0 Å². The predicted molar refractivity (Wildman–Crippen MR) is 102 cm³/mol. The summed E-state index contributed by atoms with van der Waals surface area (Å²) in [5.41, 5.74) is 0.811. The van der Waals surface area contributed by atoms with Crippen LogP contribution in [0.2, 0.25) is 0 Å². The van der Waals surface area contributed by atoms with Gasteiger partial charge in [0.1, 0.15) is 12.6 Å². The highest BCUT2D eigenvalue weighted by molar-refractivity contribution is 7.90. The summed E-state index contributed by atoms with van der Waals surface area (Å²) in [6, 6.07) is 7.71. The Balaban J connectivity index is 2.20. The standard InChI is InChI=1S/C19H26N2O5S/c1-14(2)27(24,25)21-16-11-7-4-8-12-18(22)20-17(13-26-19(16)23)15-9-5-3-6-10-15/h3-7,9-10,14,16-17,21H,8,11-13H2,1-2H3,(H,20,22)/b7-4+/t16-,17+/m1/s1. The van der Waals surface area contributed by atoms with Crippen LogP contribution in [0.3, 0.4) is 0 Å². The molecule has 8 heteroatoms. The number of hydrogen-bond donors (Lipinski definition) is 2. The highest BCUT2D eigenvalue weighted by Gasteiger charge is 2.28. The van der Waals surface area contributed by atoms with Gasteiger partial charge in [-0.25, -0.2) is 13.1 Å². The van der Waals surface area contributed by atoms with Crippen LogP contribution in [0.4, 0.5) is 0 Å². The third-order valence-corrected chi connectivity index (χ3v) is 6.07. The van der Waals surface area contributed by atoms with E-state index >= 15 is 0 Å². The fourth-order valence-corrected chi connectivity index (χ4v) is 3.39. The lowest BCUT2D eigenvalue weighted by Gasteiger charge is -2.22. The second-order valence-corrected chi connectivity index (χ2v) is 8.94. The minimum Gasteiger partial charge on any atom is -0.462 e. The third-order valence-electron chi connectivity index (χ3n) is 4.22. The SMILES string of the molecule is CC(C)S(=O)(=O)N[C@@H]1C/C=C/CCC(=O)N[C@H](c2ccccc2)COC1=O. The van der Waals surface area contributed by atoms with E-state index in [4.69, 9.17) is 4.74 Å². The first-order chi connectivity index (χ1) is 12.8. The van der Waals surface area contributed by atoms with E-state index in [1.165, 1.54) is 0 Å². The number of nitrogens with one attached hydrogen (secondary N) is 2. The Morgan fingerprint density at radius 1 is 1.15 bits per heavy atom. The van der Waals surface area contributed by atoms with Gasteiger partial charge in [-0.3, -0.25) is 9.59 Å². The van der Waals surface area contributed by atoms with E-state index in [1.807, 2.05) is 30.3 Å². The van der Waals surface area contributed by atoms with Crippen LogP contribution in [0, 0.1) is 0 Å². The van der Waals surface area contributed by atoms with Gasteiger partial charge in [0, 0.05) is 6.42 Å². The minimum atomic E-state index is -3.63. The Morgan fingerprint density at radius 2 is 1.85 bits per heavy atom. The van der Waals surface area contributed by atoms with E-state index in [0.29, 0.717) is 12.8 Å². The molecule has 0 aromatic heterocycles. The molecule has 1 aliphatic heterocycles. The fraction of sp³-hybridized carbons (Fsp3) is 0.474. The molecule has 0 spiro atoms. The number of benzene rings is 1. The van der Waals surface area contributed by atoms with Crippen molar-refractivity contribution in [2.45, 2.75) is 50.4 Å². The van der Waals surface area contributed by atoms with Gasteiger partial charge in [0.25, 0.3) is 0 Å². The highest BCUT2D eigenvalue weighted by atomic mass is 32.2. The van der Waals surface area contributed by atoms with Crippen molar-refractivity contribution in [2.75, 3.05) is 6.61 Å². The maximum Gasteiger partial charge on any atom is 0.324 e. The van der Waals surface area contributed by atoms with Gasteiger partial charge < -0.3 is 10.1 Å². The van der Waals surface area contributed by atoms with Crippen LogP contribution in [0.15, 0.2) is 42.5 Å². The molecule has 1 aromatic rings. The summed E-state index contributed by atoms with van der Waals surface area (Å²) in [5, 5.41) is 2.20. The predicted octanol–water partition coefficient (Wildman–Crippen LogP) is 1.82. The van der Waals surface area contributed by atoms with Crippen LogP contribution in [-0.4, -0.2) is 38.2 Å². The first kappa shape index (κ1) is 21.1. The molecule has 7 nitrogen and oxygen atoms in total. The molecule has 1 heterocycles. The van der Waals surface area contributed by atoms with Gasteiger partial charge in [-0.05, 0) is 32.3 Å². The van der Waals surface area contributed by atoms with Gasteiger partial charge in [-0.2, -0.15) is 0 Å². The first-order valence-electron chi connectivity index (χ1n) is 8.96. The van der Waals surface area contributed by atoms with E-state index in [0.717, 1.165) is 5.56 Å². The largest absolute Gasteiger partial charge is 0.462 e. The van der Waals surface area contributed by atoms with Crippen molar-refractivity contribution in [3.8, 4) is 0 Å². The zero-order valence-electron chi connectivity index (χ0n) is 15.6. The second kappa shape index (κ2) is 9.66. The maximum atomic E-state index is 12.5. The summed E-state index contributed by atoms with van der Waals surface area (Å²) in [5.74, 6) is -0.804. The number of carbonyl (C=O) groups is 2. The van der Waals surface area contributed by atoms with E-state index in [1.54, 1.807) is 26.0 Å². The molecule has 0 aliphatic carbocycles. The number of carbonyl (C=O) groups excluding carboxylic acids is 2. The number of ether oxygens (including phenoxy) is 1. The molecule has 0 saturated carbocycles. The van der Waals surface area contributed by atoms with Crippen molar-refractivity contribution in [3.63, 3.8) is 0 Å². The molecule has 2 atom stereocenters. The zero-order chi connectivity index (χ0) is 19.9.